The Labute approximate surface area is 115 Å². The van der Waals surface area contributed by atoms with Crippen LogP contribution in [0.4, 0.5) is 0 Å². The normalized spacial score (nSPS) is 31.2. The third-order valence-corrected chi connectivity index (χ3v) is 6.09. The first-order chi connectivity index (χ1) is 8.89. The van der Waals surface area contributed by atoms with Crippen LogP contribution in [0.15, 0.2) is 0 Å². The summed E-state index contributed by atoms with van der Waals surface area (Å²) in [6, 6.07) is 0. The number of carbonyl (C=O) groups is 1. The maximum Gasteiger partial charge on any atom is 0.220 e. The van der Waals surface area contributed by atoms with Crippen LogP contribution in [-0.2, 0) is 14.6 Å². The van der Waals surface area contributed by atoms with E-state index in [1.807, 2.05) is 6.92 Å². The lowest BCUT2D eigenvalue weighted by atomic mass is 9.92. The van der Waals surface area contributed by atoms with Crippen LogP contribution in [0, 0.1) is 5.92 Å². The Morgan fingerprint density at radius 2 is 2.05 bits per heavy atom. The van der Waals surface area contributed by atoms with E-state index in [0.29, 0.717) is 18.8 Å². The minimum atomic E-state index is -2.96. The highest BCUT2D eigenvalue weighted by Crippen LogP contribution is 2.23. The number of nitrogens with one attached hydrogen (secondary N) is 2. The van der Waals surface area contributed by atoms with Crippen LogP contribution in [-0.4, -0.2) is 44.5 Å². The molecule has 0 aromatic heterocycles. The smallest absolute Gasteiger partial charge is 0.220 e. The molecular weight excluding hydrogens is 264 g/mol. The molecule has 0 aromatic carbocycles. The highest BCUT2D eigenvalue weighted by atomic mass is 32.2. The van der Waals surface area contributed by atoms with Crippen molar-refractivity contribution in [2.45, 2.75) is 44.6 Å². The van der Waals surface area contributed by atoms with E-state index >= 15 is 0 Å². The van der Waals surface area contributed by atoms with Crippen LogP contribution in [0.2, 0.25) is 0 Å². The molecule has 0 aromatic rings. The number of rotatable bonds is 4. The van der Waals surface area contributed by atoms with Gasteiger partial charge in [-0.15, -0.1) is 0 Å². The molecule has 1 atom stereocenters. The largest absolute Gasteiger partial charge is 0.350 e. The van der Waals surface area contributed by atoms with Crippen molar-refractivity contribution in [3.8, 4) is 0 Å². The molecule has 0 spiro atoms. The van der Waals surface area contributed by atoms with Crippen LogP contribution in [0.3, 0.4) is 0 Å². The first kappa shape index (κ1) is 14.8. The molecule has 0 aliphatic carbocycles. The predicted octanol–water partition coefficient (Wildman–Crippen LogP) is 0.460. The van der Waals surface area contributed by atoms with Gasteiger partial charge in [0.25, 0.3) is 0 Å². The summed E-state index contributed by atoms with van der Waals surface area (Å²) in [7, 11) is -2.96. The highest BCUT2D eigenvalue weighted by molar-refractivity contribution is 7.91. The second-order valence-electron chi connectivity index (χ2n) is 6.18. The van der Waals surface area contributed by atoms with Crippen molar-refractivity contribution in [1.82, 2.24) is 10.6 Å². The maximum absolute atomic E-state index is 11.9. The molecule has 0 bridgehead atoms. The van der Waals surface area contributed by atoms with Crippen LogP contribution < -0.4 is 10.6 Å². The topological polar surface area (TPSA) is 75.3 Å². The van der Waals surface area contributed by atoms with E-state index in [-0.39, 0.29) is 17.4 Å². The lowest BCUT2D eigenvalue weighted by molar-refractivity contribution is -0.122. The maximum atomic E-state index is 11.9. The number of hydrogen-bond donors (Lipinski definition) is 2. The molecule has 6 heteroatoms. The first-order valence-corrected chi connectivity index (χ1v) is 8.93. The molecule has 110 valence electrons. The van der Waals surface area contributed by atoms with E-state index in [1.165, 1.54) is 0 Å². The molecule has 1 amide bonds. The zero-order valence-electron chi connectivity index (χ0n) is 11.6. The second-order valence-corrected chi connectivity index (χ2v) is 8.37. The summed E-state index contributed by atoms with van der Waals surface area (Å²) in [5.41, 5.74) is -0.552. The molecule has 5 nitrogen and oxygen atoms in total. The fraction of sp³-hybridized carbons (Fsp3) is 0.923. The van der Waals surface area contributed by atoms with Gasteiger partial charge in [0.15, 0.2) is 9.84 Å². The minimum Gasteiger partial charge on any atom is -0.350 e. The Morgan fingerprint density at radius 3 is 2.63 bits per heavy atom. The quantitative estimate of drug-likeness (QED) is 0.788. The van der Waals surface area contributed by atoms with Gasteiger partial charge in [0.2, 0.25) is 5.91 Å². The first-order valence-electron chi connectivity index (χ1n) is 7.11. The average molecular weight is 288 g/mol. The lowest BCUT2D eigenvalue weighted by Crippen LogP contribution is -2.47. The number of hydrogen-bond acceptors (Lipinski definition) is 4. The van der Waals surface area contributed by atoms with E-state index in [4.69, 9.17) is 0 Å². The van der Waals surface area contributed by atoms with E-state index < -0.39 is 15.4 Å². The minimum absolute atomic E-state index is 0.00173. The number of carbonyl (C=O) groups excluding carboxylic acids is 1. The van der Waals surface area contributed by atoms with Gasteiger partial charge in [-0.1, -0.05) is 0 Å². The Kier molecular flexibility index (Phi) is 4.50. The molecule has 2 heterocycles. The second kappa shape index (κ2) is 5.79. The fourth-order valence-electron chi connectivity index (χ4n) is 3.01. The monoisotopic (exact) mass is 288 g/mol. The van der Waals surface area contributed by atoms with Crippen molar-refractivity contribution in [2.75, 3.05) is 24.6 Å². The Morgan fingerprint density at radius 1 is 1.37 bits per heavy atom. The zero-order chi connectivity index (χ0) is 13.9. The molecule has 0 saturated carbocycles. The highest BCUT2D eigenvalue weighted by Gasteiger charge is 2.39. The summed E-state index contributed by atoms with van der Waals surface area (Å²) >= 11 is 0. The van der Waals surface area contributed by atoms with Gasteiger partial charge in [0, 0.05) is 6.42 Å². The van der Waals surface area contributed by atoms with Crippen molar-refractivity contribution in [2.24, 2.45) is 5.92 Å². The van der Waals surface area contributed by atoms with Crippen LogP contribution >= 0.6 is 0 Å². The molecule has 2 rings (SSSR count). The van der Waals surface area contributed by atoms with Gasteiger partial charge in [0.1, 0.15) is 0 Å². The van der Waals surface area contributed by atoms with Crippen molar-refractivity contribution in [3.63, 3.8) is 0 Å². The number of amides is 1. The van der Waals surface area contributed by atoms with Gasteiger partial charge < -0.3 is 10.6 Å². The van der Waals surface area contributed by atoms with E-state index in [2.05, 4.69) is 10.6 Å². The summed E-state index contributed by atoms with van der Waals surface area (Å²) in [6.07, 6.45) is 4.24. The van der Waals surface area contributed by atoms with Gasteiger partial charge >= 0.3 is 0 Å². The van der Waals surface area contributed by atoms with Gasteiger partial charge in [-0.2, -0.15) is 0 Å². The van der Waals surface area contributed by atoms with Crippen molar-refractivity contribution in [3.05, 3.63) is 0 Å². The molecule has 0 radical (unpaired) electrons. The predicted molar refractivity (Wildman–Crippen MR) is 74.6 cm³/mol. The molecule has 2 fully saturated rings. The molecule has 2 aliphatic heterocycles. The summed E-state index contributed by atoms with van der Waals surface area (Å²) in [5, 5.41) is 6.23. The average Bonchev–Trinajstić information content (AvgIpc) is 2.62. The lowest BCUT2D eigenvalue weighted by Gasteiger charge is -2.25. The Hall–Kier alpha value is -0.620. The van der Waals surface area contributed by atoms with Crippen LogP contribution in [0.1, 0.15) is 39.0 Å². The number of piperidine rings is 1. The Bertz CT molecular complexity index is 429. The molecule has 2 N–H and O–H groups in total. The van der Waals surface area contributed by atoms with Gasteiger partial charge in [-0.05, 0) is 51.6 Å². The standard InChI is InChI=1S/C13H24N2O3S/c1-13(6-9-19(17,18)10-13)15-12(16)3-2-11-4-7-14-8-5-11/h11,14H,2-10H2,1H3,(H,15,16). The molecule has 2 aliphatic rings. The van der Waals surface area contributed by atoms with Gasteiger partial charge in [0.05, 0.1) is 17.0 Å². The summed E-state index contributed by atoms with van der Waals surface area (Å²) in [5.74, 6) is 0.905. The Balaban J connectivity index is 1.75. The molecular formula is C13H24N2O3S. The van der Waals surface area contributed by atoms with Crippen molar-refractivity contribution >= 4 is 15.7 Å². The van der Waals surface area contributed by atoms with Gasteiger partial charge in [-0.3, -0.25) is 4.79 Å². The van der Waals surface area contributed by atoms with Crippen LogP contribution in [0.25, 0.3) is 0 Å². The zero-order valence-corrected chi connectivity index (χ0v) is 12.4. The number of sulfone groups is 1. The third-order valence-electron chi connectivity index (χ3n) is 4.18. The van der Waals surface area contributed by atoms with Crippen LogP contribution in [0.5, 0.6) is 0 Å². The molecule has 1 unspecified atom stereocenters. The van der Waals surface area contributed by atoms with E-state index in [1.54, 1.807) is 0 Å². The SMILES string of the molecule is CC1(NC(=O)CCC2CCNCC2)CCS(=O)(=O)C1. The van der Waals surface area contributed by atoms with E-state index in [9.17, 15) is 13.2 Å². The van der Waals surface area contributed by atoms with E-state index in [0.717, 1.165) is 32.4 Å². The van der Waals surface area contributed by atoms with Gasteiger partial charge in [-0.25, -0.2) is 8.42 Å². The molecule has 19 heavy (non-hydrogen) atoms. The molecule has 2 saturated heterocycles. The van der Waals surface area contributed by atoms with Crippen molar-refractivity contribution in [1.29, 1.82) is 0 Å². The third kappa shape index (κ3) is 4.45. The summed E-state index contributed by atoms with van der Waals surface area (Å²) < 4.78 is 22.9. The van der Waals surface area contributed by atoms with Crippen molar-refractivity contribution < 1.29 is 13.2 Å². The summed E-state index contributed by atoms with van der Waals surface area (Å²) in [6.45, 7) is 3.92. The summed E-state index contributed by atoms with van der Waals surface area (Å²) in [4.78, 5) is 11.9. The fourth-order valence-corrected chi connectivity index (χ4v) is 5.11.